The lowest BCUT2D eigenvalue weighted by Crippen LogP contribution is -2.40. The number of carbonyl (C=O) groups excluding carboxylic acids is 1. The lowest BCUT2D eigenvalue weighted by Gasteiger charge is -2.23. The average Bonchev–Trinajstić information content (AvgIpc) is 2.39. The van der Waals surface area contributed by atoms with Gasteiger partial charge in [-0.2, -0.15) is 0 Å². The molecule has 7 heteroatoms. The second-order valence-corrected chi connectivity index (χ2v) is 4.35. The molecule has 2 N–H and O–H groups in total. The summed E-state index contributed by atoms with van der Waals surface area (Å²) in [5.74, 6) is -0.756. The quantitative estimate of drug-likeness (QED) is 0.632. The third-order valence-corrected chi connectivity index (χ3v) is 2.92. The van der Waals surface area contributed by atoms with E-state index in [1.165, 1.54) is 6.07 Å². The van der Waals surface area contributed by atoms with Crippen LogP contribution in [-0.4, -0.2) is 35.2 Å². The van der Waals surface area contributed by atoms with E-state index < -0.39 is 10.8 Å². The number of phenolic OH excluding ortho intramolecular Hbond substituents is 1. The van der Waals surface area contributed by atoms with Crippen LogP contribution in [0.3, 0.4) is 0 Å². The molecule has 19 heavy (non-hydrogen) atoms. The molecule has 1 atom stereocenters. The van der Waals surface area contributed by atoms with E-state index in [4.69, 9.17) is 4.74 Å². The maximum Gasteiger partial charge on any atom is 0.282 e. The van der Waals surface area contributed by atoms with E-state index in [2.05, 4.69) is 5.32 Å². The molecule has 1 saturated heterocycles. The van der Waals surface area contributed by atoms with Gasteiger partial charge in [-0.15, -0.1) is 0 Å². The number of aromatic hydroxyl groups is 1. The Balaban J connectivity index is 2.17. The SMILES string of the molecule is O=C(NC1CCCOC1)c1cc(O)ccc1[N+](=O)[O-]. The summed E-state index contributed by atoms with van der Waals surface area (Å²) in [5.41, 5.74) is -0.470. The predicted octanol–water partition coefficient (Wildman–Crippen LogP) is 1.21. The molecule has 1 heterocycles. The number of ether oxygens (including phenoxy) is 1. The van der Waals surface area contributed by atoms with Crippen molar-refractivity contribution in [3.8, 4) is 5.75 Å². The van der Waals surface area contributed by atoms with Crippen LogP contribution in [0.15, 0.2) is 18.2 Å². The predicted molar refractivity (Wildman–Crippen MR) is 66.1 cm³/mol. The maximum absolute atomic E-state index is 12.0. The standard InChI is InChI=1S/C12H14N2O5/c15-9-3-4-11(14(17)18)10(6-9)12(16)13-8-2-1-5-19-7-8/h3-4,6,8,15H,1-2,5,7H2,(H,13,16). The summed E-state index contributed by atoms with van der Waals surface area (Å²) in [6, 6.07) is 3.24. The van der Waals surface area contributed by atoms with Gasteiger partial charge < -0.3 is 15.2 Å². The molecule has 0 spiro atoms. The van der Waals surface area contributed by atoms with Crippen molar-refractivity contribution in [1.29, 1.82) is 0 Å². The van der Waals surface area contributed by atoms with E-state index in [0.717, 1.165) is 25.0 Å². The van der Waals surface area contributed by atoms with Crippen LogP contribution in [0.2, 0.25) is 0 Å². The molecule has 0 aromatic heterocycles. The number of carbonyl (C=O) groups is 1. The summed E-state index contributed by atoms with van der Waals surface area (Å²) in [6.45, 7) is 1.07. The van der Waals surface area contributed by atoms with Crippen LogP contribution in [0, 0.1) is 10.1 Å². The van der Waals surface area contributed by atoms with E-state index >= 15 is 0 Å². The summed E-state index contributed by atoms with van der Waals surface area (Å²) in [7, 11) is 0. The number of amides is 1. The number of benzene rings is 1. The molecule has 102 valence electrons. The topological polar surface area (TPSA) is 102 Å². The zero-order valence-electron chi connectivity index (χ0n) is 10.2. The molecule has 1 aliphatic heterocycles. The van der Waals surface area contributed by atoms with E-state index in [1.54, 1.807) is 0 Å². The van der Waals surface area contributed by atoms with Crippen LogP contribution < -0.4 is 5.32 Å². The van der Waals surface area contributed by atoms with Crippen molar-refractivity contribution in [3.63, 3.8) is 0 Å². The van der Waals surface area contributed by atoms with Gasteiger partial charge in [0, 0.05) is 12.7 Å². The molecule has 1 aliphatic rings. The maximum atomic E-state index is 12.0. The Morgan fingerprint density at radius 1 is 1.53 bits per heavy atom. The minimum atomic E-state index is -0.647. The second kappa shape index (κ2) is 5.66. The first-order valence-corrected chi connectivity index (χ1v) is 5.94. The van der Waals surface area contributed by atoms with E-state index in [9.17, 15) is 20.0 Å². The highest BCUT2D eigenvalue weighted by atomic mass is 16.6. The van der Waals surface area contributed by atoms with Crippen molar-refractivity contribution in [2.45, 2.75) is 18.9 Å². The molecule has 0 bridgehead atoms. The van der Waals surface area contributed by atoms with Crippen LogP contribution >= 0.6 is 0 Å². The van der Waals surface area contributed by atoms with E-state index in [1.807, 2.05) is 0 Å². The Bertz CT molecular complexity index is 497. The molecule has 0 saturated carbocycles. The van der Waals surface area contributed by atoms with Gasteiger partial charge in [0.05, 0.1) is 17.6 Å². The van der Waals surface area contributed by atoms with Gasteiger partial charge in [0.15, 0.2) is 0 Å². The summed E-state index contributed by atoms with van der Waals surface area (Å²) in [6.07, 6.45) is 1.62. The van der Waals surface area contributed by atoms with Gasteiger partial charge in [0.2, 0.25) is 0 Å². The van der Waals surface area contributed by atoms with E-state index in [0.29, 0.717) is 13.2 Å². The first kappa shape index (κ1) is 13.3. The van der Waals surface area contributed by atoms with Crippen molar-refractivity contribution in [2.24, 2.45) is 0 Å². The second-order valence-electron chi connectivity index (χ2n) is 4.35. The van der Waals surface area contributed by atoms with Crippen LogP contribution in [0.4, 0.5) is 5.69 Å². The Kier molecular flexibility index (Phi) is 3.96. The molecular weight excluding hydrogens is 252 g/mol. The Morgan fingerprint density at radius 3 is 2.95 bits per heavy atom. The molecule has 0 radical (unpaired) electrons. The largest absolute Gasteiger partial charge is 0.508 e. The highest BCUT2D eigenvalue weighted by molar-refractivity contribution is 5.98. The fourth-order valence-electron chi connectivity index (χ4n) is 1.98. The molecular formula is C12H14N2O5. The molecule has 1 aromatic carbocycles. The number of nitrogens with one attached hydrogen (secondary N) is 1. The smallest absolute Gasteiger partial charge is 0.282 e. The molecule has 1 aromatic rings. The first-order valence-electron chi connectivity index (χ1n) is 5.94. The monoisotopic (exact) mass is 266 g/mol. The number of nitrogens with zero attached hydrogens (tertiary/aromatic N) is 1. The van der Waals surface area contributed by atoms with Crippen molar-refractivity contribution >= 4 is 11.6 Å². The first-order chi connectivity index (χ1) is 9.08. The van der Waals surface area contributed by atoms with Gasteiger partial charge in [-0.25, -0.2) is 0 Å². The van der Waals surface area contributed by atoms with Gasteiger partial charge >= 0.3 is 0 Å². The van der Waals surface area contributed by atoms with Crippen molar-refractivity contribution < 1.29 is 19.6 Å². The Hall–Kier alpha value is -2.15. The minimum Gasteiger partial charge on any atom is -0.508 e. The fraction of sp³-hybridized carbons (Fsp3) is 0.417. The van der Waals surface area contributed by atoms with Gasteiger partial charge in [0.25, 0.3) is 11.6 Å². The van der Waals surface area contributed by atoms with Gasteiger partial charge in [-0.3, -0.25) is 14.9 Å². The number of hydrogen-bond acceptors (Lipinski definition) is 5. The molecule has 7 nitrogen and oxygen atoms in total. The third-order valence-electron chi connectivity index (χ3n) is 2.92. The summed E-state index contributed by atoms with van der Waals surface area (Å²) >= 11 is 0. The molecule has 1 amide bonds. The van der Waals surface area contributed by atoms with Crippen molar-refractivity contribution in [1.82, 2.24) is 5.32 Å². The van der Waals surface area contributed by atoms with Crippen LogP contribution in [0.5, 0.6) is 5.75 Å². The van der Waals surface area contributed by atoms with Gasteiger partial charge in [-0.05, 0) is 25.0 Å². The number of nitro groups is 1. The lowest BCUT2D eigenvalue weighted by atomic mass is 10.1. The zero-order valence-corrected chi connectivity index (χ0v) is 10.2. The molecule has 0 aliphatic carbocycles. The van der Waals surface area contributed by atoms with Gasteiger partial charge in [0.1, 0.15) is 11.3 Å². The van der Waals surface area contributed by atoms with Crippen molar-refractivity contribution in [2.75, 3.05) is 13.2 Å². The number of phenols is 1. The molecule has 1 unspecified atom stereocenters. The Morgan fingerprint density at radius 2 is 2.32 bits per heavy atom. The summed E-state index contributed by atoms with van der Waals surface area (Å²) in [4.78, 5) is 22.2. The highest BCUT2D eigenvalue weighted by Crippen LogP contribution is 2.23. The zero-order chi connectivity index (χ0) is 13.8. The van der Waals surface area contributed by atoms with E-state index in [-0.39, 0.29) is 23.0 Å². The summed E-state index contributed by atoms with van der Waals surface area (Å²) in [5, 5.41) is 22.9. The lowest BCUT2D eigenvalue weighted by molar-refractivity contribution is -0.385. The normalized spacial score (nSPS) is 18.8. The number of nitro benzene ring substituents is 1. The minimum absolute atomic E-state index is 0.143. The number of hydrogen-bond donors (Lipinski definition) is 2. The average molecular weight is 266 g/mol. The highest BCUT2D eigenvalue weighted by Gasteiger charge is 2.23. The van der Waals surface area contributed by atoms with Crippen molar-refractivity contribution in [3.05, 3.63) is 33.9 Å². The van der Waals surface area contributed by atoms with Gasteiger partial charge in [-0.1, -0.05) is 0 Å². The van der Waals surface area contributed by atoms with Crippen LogP contribution in [0.1, 0.15) is 23.2 Å². The number of rotatable bonds is 3. The summed E-state index contributed by atoms with van der Waals surface area (Å²) < 4.78 is 5.22. The van der Waals surface area contributed by atoms with Crippen LogP contribution in [0.25, 0.3) is 0 Å². The fourth-order valence-corrected chi connectivity index (χ4v) is 1.98. The molecule has 2 rings (SSSR count). The molecule has 1 fully saturated rings. The third kappa shape index (κ3) is 3.19. The van der Waals surface area contributed by atoms with Crippen LogP contribution in [-0.2, 0) is 4.74 Å². The Labute approximate surface area is 109 Å².